The topological polar surface area (TPSA) is 55.1 Å². The minimum absolute atomic E-state index is 0.280. The fourth-order valence-electron chi connectivity index (χ4n) is 1.17. The summed E-state index contributed by atoms with van der Waals surface area (Å²) in [5.41, 5.74) is 6.31. The second kappa shape index (κ2) is 6.48. The maximum Gasteiger partial charge on any atom is 0.227 e. The highest BCUT2D eigenvalue weighted by Gasteiger charge is 1.99. The highest BCUT2D eigenvalue weighted by molar-refractivity contribution is 8.00. The molecular weight excluding hydrogens is 208 g/mol. The van der Waals surface area contributed by atoms with Crippen LogP contribution in [-0.4, -0.2) is 18.2 Å². The molecule has 0 aromatic heterocycles. The van der Waals surface area contributed by atoms with Crippen molar-refractivity contribution in [3.63, 3.8) is 0 Å². The monoisotopic (exact) mass is 224 g/mol. The van der Waals surface area contributed by atoms with Gasteiger partial charge in [0.2, 0.25) is 5.91 Å². The molecule has 15 heavy (non-hydrogen) atoms. The molecule has 0 aliphatic rings. The molecule has 4 heteroatoms. The summed E-state index contributed by atoms with van der Waals surface area (Å²) in [6.07, 6.45) is 0. The quantitative estimate of drug-likeness (QED) is 0.718. The number of nitrogens with two attached hydrogens (primary N) is 1. The zero-order chi connectivity index (χ0) is 11.1. The third-order valence-electron chi connectivity index (χ3n) is 1.86. The molecule has 0 heterocycles. The standard InChI is InChI=1S/C11H16N2OS/c1-2-13-7-9-4-3-5-10(6-9)15-8-11(12)14/h3-6,13H,2,7-8H2,1H3,(H2,12,14). The van der Waals surface area contributed by atoms with Gasteiger partial charge in [0.05, 0.1) is 5.75 Å². The number of amides is 1. The predicted octanol–water partition coefficient (Wildman–Crippen LogP) is 1.37. The fraction of sp³-hybridized carbons (Fsp3) is 0.364. The number of thioether (sulfide) groups is 1. The van der Waals surface area contributed by atoms with Gasteiger partial charge in [-0.1, -0.05) is 19.1 Å². The van der Waals surface area contributed by atoms with Crippen molar-refractivity contribution in [1.29, 1.82) is 0 Å². The third-order valence-corrected chi connectivity index (χ3v) is 2.87. The zero-order valence-corrected chi connectivity index (χ0v) is 9.64. The fourth-order valence-corrected chi connectivity index (χ4v) is 1.89. The van der Waals surface area contributed by atoms with Crippen molar-refractivity contribution in [3.05, 3.63) is 29.8 Å². The van der Waals surface area contributed by atoms with Crippen LogP contribution in [-0.2, 0) is 11.3 Å². The lowest BCUT2D eigenvalue weighted by atomic mass is 10.2. The molecule has 0 saturated carbocycles. The van der Waals surface area contributed by atoms with E-state index in [0.29, 0.717) is 5.75 Å². The van der Waals surface area contributed by atoms with E-state index in [1.807, 2.05) is 12.1 Å². The van der Waals surface area contributed by atoms with Crippen molar-refractivity contribution >= 4 is 17.7 Å². The van der Waals surface area contributed by atoms with E-state index in [9.17, 15) is 4.79 Å². The number of primary amides is 1. The molecule has 3 nitrogen and oxygen atoms in total. The van der Waals surface area contributed by atoms with E-state index in [-0.39, 0.29) is 5.91 Å². The van der Waals surface area contributed by atoms with Gasteiger partial charge in [-0.25, -0.2) is 0 Å². The lowest BCUT2D eigenvalue weighted by Gasteiger charge is -2.04. The van der Waals surface area contributed by atoms with Crippen LogP contribution in [0.5, 0.6) is 0 Å². The Morgan fingerprint density at radius 3 is 3.00 bits per heavy atom. The molecule has 0 bridgehead atoms. The van der Waals surface area contributed by atoms with Gasteiger partial charge in [-0.15, -0.1) is 11.8 Å². The smallest absolute Gasteiger partial charge is 0.227 e. The summed E-state index contributed by atoms with van der Waals surface area (Å²) in [6, 6.07) is 8.13. The zero-order valence-electron chi connectivity index (χ0n) is 8.82. The summed E-state index contributed by atoms with van der Waals surface area (Å²) in [5.74, 6) is 0.0575. The van der Waals surface area contributed by atoms with Crippen LogP contribution < -0.4 is 11.1 Å². The lowest BCUT2D eigenvalue weighted by molar-refractivity contribution is -0.115. The Hall–Kier alpha value is -1.00. The molecule has 0 spiro atoms. The minimum atomic E-state index is -0.280. The largest absolute Gasteiger partial charge is 0.369 e. The summed E-state index contributed by atoms with van der Waals surface area (Å²) in [7, 11) is 0. The van der Waals surface area contributed by atoms with Gasteiger partial charge in [-0.05, 0) is 24.2 Å². The van der Waals surface area contributed by atoms with E-state index >= 15 is 0 Å². The van der Waals surface area contributed by atoms with Gasteiger partial charge >= 0.3 is 0 Å². The molecule has 0 fully saturated rings. The first-order valence-corrected chi connectivity index (χ1v) is 5.91. The average Bonchev–Trinajstić information content (AvgIpc) is 2.24. The SMILES string of the molecule is CCNCc1cccc(SCC(N)=O)c1. The molecule has 1 amide bonds. The number of rotatable bonds is 6. The summed E-state index contributed by atoms with van der Waals surface area (Å²) in [4.78, 5) is 11.7. The van der Waals surface area contributed by atoms with E-state index in [1.165, 1.54) is 17.3 Å². The van der Waals surface area contributed by atoms with Gasteiger partial charge in [0.25, 0.3) is 0 Å². The van der Waals surface area contributed by atoms with Gasteiger partial charge < -0.3 is 11.1 Å². The molecule has 0 aliphatic carbocycles. The lowest BCUT2D eigenvalue weighted by Crippen LogP contribution is -2.13. The average molecular weight is 224 g/mol. The molecule has 0 atom stereocenters. The second-order valence-electron chi connectivity index (χ2n) is 3.18. The van der Waals surface area contributed by atoms with Crippen molar-refractivity contribution in [1.82, 2.24) is 5.32 Å². The van der Waals surface area contributed by atoms with Crippen LogP contribution in [0.3, 0.4) is 0 Å². The molecule has 0 aliphatic heterocycles. The Balaban J connectivity index is 2.53. The van der Waals surface area contributed by atoms with E-state index in [0.717, 1.165) is 18.0 Å². The van der Waals surface area contributed by atoms with Crippen LogP contribution in [0.25, 0.3) is 0 Å². The highest BCUT2D eigenvalue weighted by Crippen LogP contribution is 2.18. The Morgan fingerprint density at radius 2 is 2.33 bits per heavy atom. The number of carbonyl (C=O) groups excluding carboxylic acids is 1. The van der Waals surface area contributed by atoms with Gasteiger partial charge in [0.15, 0.2) is 0 Å². The van der Waals surface area contributed by atoms with Gasteiger partial charge in [0, 0.05) is 11.4 Å². The second-order valence-corrected chi connectivity index (χ2v) is 4.23. The third kappa shape index (κ3) is 4.85. The van der Waals surface area contributed by atoms with Crippen LogP contribution in [0.4, 0.5) is 0 Å². The van der Waals surface area contributed by atoms with E-state index in [2.05, 4.69) is 24.4 Å². The van der Waals surface area contributed by atoms with Gasteiger partial charge in [-0.3, -0.25) is 4.79 Å². The molecule has 1 aromatic carbocycles. The molecule has 0 radical (unpaired) electrons. The van der Waals surface area contributed by atoms with Crippen molar-refractivity contribution in [2.45, 2.75) is 18.4 Å². The van der Waals surface area contributed by atoms with Crippen molar-refractivity contribution in [2.75, 3.05) is 12.3 Å². The normalized spacial score (nSPS) is 10.2. The molecule has 3 N–H and O–H groups in total. The summed E-state index contributed by atoms with van der Waals surface area (Å²) in [5, 5.41) is 3.26. The molecular formula is C11H16N2OS. The predicted molar refractivity (Wildman–Crippen MR) is 63.7 cm³/mol. The maximum absolute atomic E-state index is 10.6. The number of nitrogens with one attached hydrogen (secondary N) is 1. The summed E-state index contributed by atoms with van der Waals surface area (Å²) in [6.45, 7) is 3.89. The van der Waals surface area contributed by atoms with Crippen LogP contribution in [0, 0.1) is 0 Å². The summed E-state index contributed by atoms with van der Waals surface area (Å²) >= 11 is 1.47. The van der Waals surface area contributed by atoms with Crippen molar-refractivity contribution in [2.24, 2.45) is 5.73 Å². The number of hydrogen-bond donors (Lipinski definition) is 2. The van der Waals surface area contributed by atoms with Gasteiger partial charge in [-0.2, -0.15) is 0 Å². The molecule has 1 aromatic rings. The first-order valence-electron chi connectivity index (χ1n) is 4.93. The van der Waals surface area contributed by atoms with Crippen LogP contribution in [0.15, 0.2) is 29.2 Å². The Morgan fingerprint density at radius 1 is 1.53 bits per heavy atom. The molecule has 1 rings (SSSR count). The maximum atomic E-state index is 10.6. The number of benzene rings is 1. The van der Waals surface area contributed by atoms with Crippen LogP contribution in [0.1, 0.15) is 12.5 Å². The Labute approximate surface area is 94.4 Å². The first kappa shape index (κ1) is 12.1. The molecule has 0 saturated heterocycles. The van der Waals surface area contributed by atoms with E-state index < -0.39 is 0 Å². The Bertz CT molecular complexity index is 328. The minimum Gasteiger partial charge on any atom is -0.369 e. The molecule has 0 unspecified atom stereocenters. The van der Waals surface area contributed by atoms with E-state index in [1.54, 1.807) is 0 Å². The Kier molecular flexibility index (Phi) is 5.21. The number of hydrogen-bond acceptors (Lipinski definition) is 3. The first-order chi connectivity index (χ1) is 7.22. The molecule has 82 valence electrons. The summed E-state index contributed by atoms with van der Waals surface area (Å²) < 4.78 is 0. The number of carbonyl (C=O) groups is 1. The van der Waals surface area contributed by atoms with Crippen molar-refractivity contribution < 1.29 is 4.79 Å². The van der Waals surface area contributed by atoms with Crippen molar-refractivity contribution in [3.8, 4) is 0 Å². The highest BCUT2D eigenvalue weighted by atomic mass is 32.2. The van der Waals surface area contributed by atoms with E-state index in [4.69, 9.17) is 5.73 Å². The van der Waals surface area contributed by atoms with Crippen LogP contribution in [0.2, 0.25) is 0 Å². The van der Waals surface area contributed by atoms with Crippen LogP contribution >= 0.6 is 11.8 Å². The van der Waals surface area contributed by atoms with Gasteiger partial charge in [0.1, 0.15) is 0 Å².